The molecule has 126 valence electrons. The van der Waals surface area contributed by atoms with Gasteiger partial charge in [-0.3, -0.25) is 9.59 Å². The topological polar surface area (TPSA) is 60.3 Å². The summed E-state index contributed by atoms with van der Waals surface area (Å²) in [5.41, 5.74) is -0.0724. The molecule has 0 unspecified atom stereocenters. The third kappa shape index (κ3) is 3.74. The molecule has 6 heteroatoms. The van der Waals surface area contributed by atoms with Gasteiger partial charge in [0.05, 0.1) is 5.56 Å². The third-order valence-electron chi connectivity index (χ3n) is 3.53. The largest absolute Gasteiger partial charge is 0.455 e. The van der Waals surface area contributed by atoms with Gasteiger partial charge < -0.3 is 14.6 Å². The number of pyridine rings is 1. The summed E-state index contributed by atoms with van der Waals surface area (Å²) in [6.07, 6.45) is 1.39. The summed E-state index contributed by atoms with van der Waals surface area (Å²) >= 11 is 0. The van der Waals surface area contributed by atoms with Crippen LogP contribution in [0.25, 0.3) is 0 Å². The van der Waals surface area contributed by atoms with Crippen LogP contribution in [0.1, 0.15) is 10.4 Å². The molecule has 0 aliphatic rings. The number of nitrogens with zero attached hydrogens (tertiary/aromatic N) is 1. The van der Waals surface area contributed by atoms with Crippen molar-refractivity contribution < 1.29 is 13.9 Å². The van der Waals surface area contributed by atoms with Gasteiger partial charge in [-0.1, -0.05) is 24.3 Å². The van der Waals surface area contributed by atoms with Gasteiger partial charge in [0.25, 0.3) is 5.91 Å². The smallest absolute Gasteiger partial charge is 0.257 e. The van der Waals surface area contributed by atoms with E-state index in [1.807, 2.05) is 6.07 Å². The second-order valence-corrected chi connectivity index (χ2v) is 5.35. The van der Waals surface area contributed by atoms with Gasteiger partial charge in [0.15, 0.2) is 11.6 Å². The summed E-state index contributed by atoms with van der Waals surface area (Å²) in [5.74, 6) is -0.458. The Morgan fingerprint density at radius 1 is 1.04 bits per heavy atom. The molecular weight excluding hydrogens is 323 g/mol. The lowest BCUT2D eigenvalue weighted by molar-refractivity contribution is 0.102. The molecule has 5 nitrogen and oxygen atoms in total. The summed E-state index contributed by atoms with van der Waals surface area (Å²) in [4.78, 5) is 23.8. The molecule has 0 fully saturated rings. The van der Waals surface area contributed by atoms with Crippen LogP contribution in [0.5, 0.6) is 11.5 Å². The quantitative estimate of drug-likeness (QED) is 0.791. The van der Waals surface area contributed by atoms with E-state index >= 15 is 0 Å². The Kier molecular flexibility index (Phi) is 4.61. The SMILES string of the molecule is Cn1cc(C(=O)Nc2c(F)cccc2Oc2ccccc2)ccc1=O. The van der Waals surface area contributed by atoms with Crippen molar-refractivity contribution in [1.82, 2.24) is 4.57 Å². The Morgan fingerprint density at radius 2 is 1.80 bits per heavy atom. The van der Waals surface area contributed by atoms with Gasteiger partial charge in [-0.05, 0) is 30.3 Å². The van der Waals surface area contributed by atoms with Crippen molar-refractivity contribution in [2.75, 3.05) is 5.32 Å². The fourth-order valence-electron chi connectivity index (χ4n) is 2.24. The molecule has 0 atom stereocenters. The molecule has 25 heavy (non-hydrogen) atoms. The van der Waals surface area contributed by atoms with E-state index in [0.29, 0.717) is 5.75 Å². The number of rotatable bonds is 4. The Balaban J connectivity index is 1.90. The van der Waals surface area contributed by atoms with Crippen LogP contribution in [0.15, 0.2) is 71.7 Å². The van der Waals surface area contributed by atoms with E-state index in [4.69, 9.17) is 4.74 Å². The Labute approximate surface area is 143 Å². The van der Waals surface area contributed by atoms with Gasteiger partial charge >= 0.3 is 0 Å². The zero-order valence-corrected chi connectivity index (χ0v) is 13.4. The van der Waals surface area contributed by atoms with Gasteiger partial charge in [-0.15, -0.1) is 0 Å². The standard InChI is InChI=1S/C19H15FN2O3/c1-22-12-13(10-11-17(22)23)19(24)21-18-15(20)8-5-9-16(18)25-14-6-3-2-4-7-14/h2-12H,1H3,(H,21,24). The Bertz CT molecular complexity index is 968. The molecule has 0 aliphatic heterocycles. The highest BCUT2D eigenvalue weighted by atomic mass is 19.1. The molecule has 1 amide bonds. The van der Waals surface area contributed by atoms with Crippen LogP contribution < -0.4 is 15.6 Å². The highest BCUT2D eigenvalue weighted by Gasteiger charge is 2.15. The van der Waals surface area contributed by atoms with Crippen LogP contribution in [-0.4, -0.2) is 10.5 Å². The van der Waals surface area contributed by atoms with Crippen LogP contribution in [-0.2, 0) is 7.05 Å². The number of carbonyl (C=O) groups is 1. The molecule has 3 rings (SSSR count). The first-order valence-corrected chi connectivity index (χ1v) is 7.54. The molecule has 0 saturated heterocycles. The lowest BCUT2D eigenvalue weighted by atomic mass is 10.2. The van der Waals surface area contributed by atoms with Crippen molar-refractivity contribution in [2.24, 2.45) is 7.05 Å². The van der Waals surface area contributed by atoms with Gasteiger partial charge in [0.2, 0.25) is 5.56 Å². The van der Waals surface area contributed by atoms with E-state index in [9.17, 15) is 14.0 Å². The van der Waals surface area contributed by atoms with E-state index in [1.165, 1.54) is 42.1 Å². The lowest BCUT2D eigenvalue weighted by Gasteiger charge is -2.13. The van der Waals surface area contributed by atoms with Crippen LogP contribution in [0.4, 0.5) is 10.1 Å². The summed E-state index contributed by atoms with van der Waals surface area (Å²) < 4.78 is 21.2. The van der Waals surface area contributed by atoms with E-state index in [2.05, 4.69) is 5.32 Å². The molecule has 1 N–H and O–H groups in total. The van der Waals surface area contributed by atoms with E-state index in [1.54, 1.807) is 30.3 Å². The number of para-hydroxylation sites is 2. The number of anilines is 1. The molecule has 0 aliphatic carbocycles. The highest BCUT2D eigenvalue weighted by molar-refractivity contribution is 6.04. The third-order valence-corrected chi connectivity index (χ3v) is 3.53. The van der Waals surface area contributed by atoms with E-state index in [0.717, 1.165) is 0 Å². The zero-order chi connectivity index (χ0) is 17.8. The molecule has 0 saturated carbocycles. The Morgan fingerprint density at radius 3 is 2.52 bits per heavy atom. The summed E-state index contributed by atoms with van der Waals surface area (Å²) in [6.45, 7) is 0. The first-order valence-electron chi connectivity index (χ1n) is 7.54. The molecule has 0 bridgehead atoms. The van der Waals surface area contributed by atoms with Crippen LogP contribution in [0.2, 0.25) is 0 Å². The first kappa shape index (κ1) is 16.4. The average Bonchev–Trinajstić information content (AvgIpc) is 2.61. The molecular formula is C19H15FN2O3. The van der Waals surface area contributed by atoms with Crippen LogP contribution >= 0.6 is 0 Å². The highest BCUT2D eigenvalue weighted by Crippen LogP contribution is 2.31. The van der Waals surface area contributed by atoms with Crippen molar-refractivity contribution in [3.05, 3.63) is 88.6 Å². The predicted octanol–water partition coefficient (Wildman–Crippen LogP) is 3.57. The fraction of sp³-hybridized carbons (Fsp3) is 0.0526. The lowest BCUT2D eigenvalue weighted by Crippen LogP contribution is -2.20. The minimum atomic E-state index is -0.619. The number of ether oxygens (including phenoxy) is 1. The van der Waals surface area contributed by atoms with Crippen molar-refractivity contribution in [2.45, 2.75) is 0 Å². The van der Waals surface area contributed by atoms with Crippen molar-refractivity contribution >= 4 is 11.6 Å². The monoisotopic (exact) mass is 338 g/mol. The minimum absolute atomic E-state index is 0.0646. The number of aromatic nitrogens is 1. The van der Waals surface area contributed by atoms with Gasteiger partial charge in [-0.25, -0.2) is 4.39 Å². The zero-order valence-electron chi connectivity index (χ0n) is 13.4. The van der Waals surface area contributed by atoms with Crippen LogP contribution in [0.3, 0.4) is 0 Å². The number of amides is 1. The minimum Gasteiger partial charge on any atom is -0.455 e. The van der Waals surface area contributed by atoms with Gasteiger partial charge in [-0.2, -0.15) is 0 Å². The predicted molar refractivity (Wildman–Crippen MR) is 92.6 cm³/mol. The average molecular weight is 338 g/mol. The number of hydrogen-bond acceptors (Lipinski definition) is 3. The summed E-state index contributed by atoms with van der Waals surface area (Å²) in [6, 6.07) is 15.8. The number of carbonyl (C=O) groups excluding carboxylic acids is 1. The molecule has 3 aromatic rings. The molecule has 0 spiro atoms. The van der Waals surface area contributed by atoms with Gasteiger partial charge in [0, 0.05) is 19.3 Å². The number of hydrogen-bond donors (Lipinski definition) is 1. The maximum Gasteiger partial charge on any atom is 0.257 e. The van der Waals surface area contributed by atoms with Crippen molar-refractivity contribution in [1.29, 1.82) is 0 Å². The van der Waals surface area contributed by atoms with Crippen LogP contribution in [0, 0.1) is 5.82 Å². The van der Waals surface area contributed by atoms with Gasteiger partial charge in [0.1, 0.15) is 11.4 Å². The molecule has 2 aromatic carbocycles. The number of benzene rings is 2. The molecule has 1 heterocycles. The second-order valence-electron chi connectivity index (χ2n) is 5.35. The first-order chi connectivity index (χ1) is 12.0. The van der Waals surface area contributed by atoms with Crippen molar-refractivity contribution in [3.63, 3.8) is 0 Å². The maximum atomic E-state index is 14.2. The van der Waals surface area contributed by atoms with E-state index < -0.39 is 11.7 Å². The maximum absolute atomic E-state index is 14.2. The second kappa shape index (κ2) is 7.00. The molecule has 1 aromatic heterocycles. The Hall–Kier alpha value is -3.41. The summed E-state index contributed by atoms with van der Waals surface area (Å²) in [5, 5.41) is 2.51. The molecule has 0 radical (unpaired) electrons. The fourth-order valence-corrected chi connectivity index (χ4v) is 2.24. The summed E-state index contributed by atoms with van der Waals surface area (Å²) in [7, 11) is 1.53. The number of nitrogens with one attached hydrogen (secondary N) is 1. The number of halogens is 1. The van der Waals surface area contributed by atoms with E-state index in [-0.39, 0.29) is 22.6 Å². The number of aryl methyl sites for hydroxylation is 1. The van der Waals surface area contributed by atoms with Crippen molar-refractivity contribution in [3.8, 4) is 11.5 Å². The normalized spacial score (nSPS) is 10.3.